The summed E-state index contributed by atoms with van der Waals surface area (Å²) in [6.07, 6.45) is 7.60. The predicted octanol–water partition coefficient (Wildman–Crippen LogP) is 4.69. The number of hydrogen-bond donors (Lipinski definition) is 0. The van der Waals surface area contributed by atoms with Crippen LogP contribution in [0.4, 0.5) is 0 Å². The zero-order chi connectivity index (χ0) is 15.2. The van der Waals surface area contributed by atoms with E-state index in [1.165, 1.54) is 0 Å². The van der Waals surface area contributed by atoms with Gasteiger partial charge in [-0.3, -0.25) is 4.79 Å². The van der Waals surface area contributed by atoms with Gasteiger partial charge >= 0.3 is 0 Å². The molecule has 0 saturated heterocycles. The highest BCUT2D eigenvalue weighted by Gasteiger charge is 2.23. The van der Waals surface area contributed by atoms with E-state index < -0.39 is 0 Å². The molecule has 0 N–H and O–H groups in total. The summed E-state index contributed by atoms with van der Waals surface area (Å²) in [4.78, 5) is 12.3. The number of hydrogen-bond acceptors (Lipinski definition) is 3. The Bertz CT molecular complexity index is 523. The van der Waals surface area contributed by atoms with Crippen molar-refractivity contribution in [3.05, 3.63) is 28.7 Å². The van der Waals surface area contributed by atoms with Crippen molar-refractivity contribution in [2.45, 2.75) is 65.9 Å². The van der Waals surface area contributed by atoms with E-state index in [0.29, 0.717) is 19.6 Å². The third kappa shape index (κ3) is 3.65. The zero-order valence-electron chi connectivity index (χ0n) is 13.5. The number of aryl methyl sites for hydroxylation is 1. The number of carbonyl (C=O) groups is 1. The molecule has 21 heavy (non-hydrogen) atoms. The smallest absolute Gasteiger partial charge is 0.161 e. The van der Waals surface area contributed by atoms with Crippen LogP contribution in [0.1, 0.15) is 69.8 Å². The van der Waals surface area contributed by atoms with E-state index >= 15 is 0 Å². The summed E-state index contributed by atoms with van der Waals surface area (Å²) < 4.78 is 11.5. The molecule has 1 aromatic rings. The van der Waals surface area contributed by atoms with E-state index in [4.69, 9.17) is 9.15 Å². The van der Waals surface area contributed by atoms with Gasteiger partial charge < -0.3 is 9.15 Å². The van der Waals surface area contributed by atoms with Crippen LogP contribution in [0.15, 0.2) is 16.3 Å². The Labute approximate surface area is 127 Å². The molecule has 3 heteroatoms. The van der Waals surface area contributed by atoms with Crippen LogP contribution in [-0.2, 0) is 22.6 Å². The fraction of sp³-hybridized carbons (Fsp3) is 0.611. The lowest BCUT2D eigenvalue weighted by molar-refractivity contribution is -0.116. The number of ether oxygens (including phenoxy) is 1. The van der Waals surface area contributed by atoms with Crippen LogP contribution in [0.3, 0.4) is 0 Å². The Kier molecular flexibility index (Phi) is 5.80. The van der Waals surface area contributed by atoms with E-state index in [0.717, 1.165) is 60.1 Å². The van der Waals surface area contributed by atoms with Gasteiger partial charge in [0.25, 0.3) is 0 Å². The minimum absolute atomic E-state index is 0.221. The predicted molar refractivity (Wildman–Crippen MR) is 84.1 cm³/mol. The second-order valence-corrected chi connectivity index (χ2v) is 5.78. The van der Waals surface area contributed by atoms with Crippen molar-refractivity contribution < 1.29 is 13.9 Å². The minimum atomic E-state index is 0.221. The highest BCUT2D eigenvalue weighted by Crippen LogP contribution is 2.32. The first kappa shape index (κ1) is 16.0. The first-order valence-corrected chi connectivity index (χ1v) is 8.09. The van der Waals surface area contributed by atoms with E-state index in [-0.39, 0.29) is 5.78 Å². The molecular weight excluding hydrogens is 264 g/mol. The lowest BCUT2D eigenvalue weighted by Crippen LogP contribution is -2.09. The molecule has 0 aromatic carbocycles. The maximum atomic E-state index is 12.3. The molecule has 3 nitrogen and oxygen atoms in total. The summed E-state index contributed by atoms with van der Waals surface area (Å²) in [7, 11) is 0. The number of Topliss-reactive ketones (excluding diaryl/α,β-unsaturated/α-hetero) is 1. The standard InChI is InChI=1S/C18H26O3/c1-4-6-8-17(19)15-10-20-11-16-14(13(15)3)12-21-18(16)9-7-5-2/h12H,4-11H2,1-3H3. The first-order valence-electron chi connectivity index (χ1n) is 8.09. The Balaban J connectivity index is 2.26. The van der Waals surface area contributed by atoms with Crippen molar-refractivity contribution in [1.29, 1.82) is 0 Å². The summed E-state index contributed by atoms with van der Waals surface area (Å²) in [5.74, 6) is 1.24. The van der Waals surface area contributed by atoms with Crippen LogP contribution in [0.5, 0.6) is 0 Å². The molecule has 0 bridgehead atoms. The number of carbonyl (C=O) groups excluding carboxylic acids is 1. The van der Waals surface area contributed by atoms with Crippen molar-refractivity contribution in [3.8, 4) is 0 Å². The van der Waals surface area contributed by atoms with Crippen LogP contribution in [0, 0.1) is 0 Å². The van der Waals surface area contributed by atoms with Gasteiger partial charge in [-0.15, -0.1) is 0 Å². The fourth-order valence-corrected chi connectivity index (χ4v) is 2.75. The van der Waals surface area contributed by atoms with Gasteiger partial charge in [-0.2, -0.15) is 0 Å². The average molecular weight is 290 g/mol. The number of fused-ring (bicyclic) bond motifs is 1. The van der Waals surface area contributed by atoms with Crippen molar-refractivity contribution in [2.75, 3.05) is 6.61 Å². The van der Waals surface area contributed by atoms with Gasteiger partial charge in [-0.1, -0.05) is 26.7 Å². The lowest BCUT2D eigenvalue weighted by atomic mass is 9.96. The molecule has 116 valence electrons. The molecule has 2 heterocycles. The minimum Gasteiger partial charge on any atom is -0.468 e. The van der Waals surface area contributed by atoms with Gasteiger partial charge in [0.15, 0.2) is 5.78 Å². The summed E-state index contributed by atoms with van der Waals surface area (Å²) in [6, 6.07) is 0. The van der Waals surface area contributed by atoms with Gasteiger partial charge in [0.05, 0.1) is 19.5 Å². The summed E-state index contributed by atoms with van der Waals surface area (Å²) in [5, 5.41) is 0. The maximum absolute atomic E-state index is 12.3. The molecule has 1 aromatic heterocycles. The molecular formula is C18H26O3. The van der Waals surface area contributed by atoms with E-state index in [2.05, 4.69) is 13.8 Å². The number of furan rings is 1. The number of allylic oxidation sites excluding steroid dienone is 1. The molecule has 1 aliphatic rings. The highest BCUT2D eigenvalue weighted by molar-refractivity contribution is 6.02. The van der Waals surface area contributed by atoms with Crippen LogP contribution >= 0.6 is 0 Å². The van der Waals surface area contributed by atoms with Gasteiger partial charge in [0, 0.05) is 29.5 Å². The van der Waals surface area contributed by atoms with E-state index in [9.17, 15) is 4.79 Å². The summed E-state index contributed by atoms with van der Waals surface area (Å²) in [6.45, 7) is 7.27. The topological polar surface area (TPSA) is 39.4 Å². The first-order chi connectivity index (χ1) is 10.2. The van der Waals surface area contributed by atoms with Gasteiger partial charge in [-0.05, 0) is 25.3 Å². The van der Waals surface area contributed by atoms with E-state index in [1.54, 1.807) is 6.26 Å². The quantitative estimate of drug-likeness (QED) is 0.731. The van der Waals surface area contributed by atoms with Crippen molar-refractivity contribution in [1.82, 2.24) is 0 Å². The molecule has 0 amide bonds. The lowest BCUT2D eigenvalue weighted by Gasteiger charge is -2.07. The SMILES string of the molecule is CCCCC(=O)C1=C(C)c2coc(CCCC)c2COC1. The Morgan fingerprint density at radius 2 is 1.95 bits per heavy atom. The van der Waals surface area contributed by atoms with Crippen molar-refractivity contribution >= 4 is 11.4 Å². The molecule has 0 radical (unpaired) electrons. The summed E-state index contributed by atoms with van der Waals surface area (Å²) >= 11 is 0. The second-order valence-electron chi connectivity index (χ2n) is 5.78. The molecule has 0 unspecified atom stereocenters. The van der Waals surface area contributed by atoms with Crippen LogP contribution in [0.25, 0.3) is 5.57 Å². The van der Waals surface area contributed by atoms with Gasteiger partial charge in [-0.25, -0.2) is 0 Å². The number of ketones is 1. The Morgan fingerprint density at radius 1 is 1.19 bits per heavy atom. The number of unbranched alkanes of at least 4 members (excludes halogenated alkanes) is 2. The van der Waals surface area contributed by atoms with Crippen LogP contribution < -0.4 is 0 Å². The van der Waals surface area contributed by atoms with E-state index in [1.807, 2.05) is 6.92 Å². The average Bonchev–Trinajstić information content (AvgIpc) is 2.81. The molecule has 0 aliphatic carbocycles. The van der Waals surface area contributed by atoms with Crippen LogP contribution in [0.2, 0.25) is 0 Å². The Morgan fingerprint density at radius 3 is 2.67 bits per heavy atom. The monoisotopic (exact) mass is 290 g/mol. The molecule has 1 aliphatic heterocycles. The largest absolute Gasteiger partial charge is 0.468 e. The third-order valence-electron chi connectivity index (χ3n) is 4.18. The van der Waals surface area contributed by atoms with Crippen molar-refractivity contribution in [3.63, 3.8) is 0 Å². The molecule has 0 fully saturated rings. The highest BCUT2D eigenvalue weighted by atomic mass is 16.5. The summed E-state index contributed by atoms with van der Waals surface area (Å²) in [5.41, 5.74) is 4.07. The normalized spacial score (nSPS) is 15.0. The van der Waals surface area contributed by atoms with Gasteiger partial charge in [0.1, 0.15) is 5.76 Å². The van der Waals surface area contributed by atoms with Crippen molar-refractivity contribution in [2.24, 2.45) is 0 Å². The molecule has 0 saturated carbocycles. The van der Waals surface area contributed by atoms with Gasteiger partial charge in [0.2, 0.25) is 0 Å². The number of rotatable bonds is 7. The fourth-order valence-electron chi connectivity index (χ4n) is 2.75. The third-order valence-corrected chi connectivity index (χ3v) is 4.18. The molecule has 2 rings (SSSR count). The zero-order valence-corrected chi connectivity index (χ0v) is 13.5. The maximum Gasteiger partial charge on any atom is 0.161 e. The Hall–Kier alpha value is -1.35. The van der Waals surface area contributed by atoms with Crippen LogP contribution in [-0.4, -0.2) is 12.4 Å². The molecule has 0 atom stereocenters. The molecule has 0 spiro atoms. The second kappa shape index (κ2) is 7.60.